The molecule has 1 N–H and O–H groups in total. The van der Waals surface area contributed by atoms with Crippen molar-refractivity contribution in [2.75, 3.05) is 7.11 Å². The number of nitrogens with one attached hydrogen (secondary N) is 1. The van der Waals surface area contributed by atoms with Crippen LogP contribution in [0, 0.1) is 22.7 Å². The van der Waals surface area contributed by atoms with E-state index in [1.54, 1.807) is 6.92 Å². The Morgan fingerprint density at radius 3 is 2.64 bits per heavy atom. The number of hydrogen-bond acceptors (Lipinski definition) is 7. The first-order chi connectivity index (χ1) is 10.6. The number of methoxy groups -OCH3 is 1. The molecule has 1 aliphatic heterocycles. The molecule has 1 unspecified atom stereocenters. The maximum absolute atomic E-state index is 12.0. The maximum atomic E-state index is 12.0. The number of hydrogen-bond donors (Lipinski definition) is 1. The van der Waals surface area contributed by atoms with Gasteiger partial charge in [-0.05, 0) is 19.1 Å². The number of ether oxygens (including phenoxy) is 1. The molecule has 0 fully saturated rings. The van der Waals surface area contributed by atoms with Gasteiger partial charge in [0.2, 0.25) is 5.76 Å². The molecule has 0 bridgehead atoms. The van der Waals surface area contributed by atoms with Crippen LogP contribution in [0.3, 0.4) is 0 Å². The van der Waals surface area contributed by atoms with E-state index in [-0.39, 0.29) is 28.4 Å². The Morgan fingerprint density at radius 1 is 1.41 bits per heavy atom. The lowest BCUT2D eigenvalue weighted by molar-refractivity contribution is -0.136. The summed E-state index contributed by atoms with van der Waals surface area (Å²) < 4.78 is 10.0. The molecule has 7 heteroatoms. The molecular formula is C15H11N3O4. The fourth-order valence-corrected chi connectivity index (χ4v) is 2.28. The second-order valence-corrected chi connectivity index (χ2v) is 4.46. The van der Waals surface area contributed by atoms with E-state index in [0.717, 1.165) is 0 Å². The number of nitriles is 2. The van der Waals surface area contributed by atoms with Crippen LogP contribution >= 0.6 is 0 Å². The van der Waals surface area contributed by atoms with E-state index in [1.807, 2.05) is 12.1 Å². The molecule has 1 atom stereocenters. The fraction of sp³-hybridized carbons (Fsp3) is 0.200. The van der Waals surface area contributed by atoms with Gasteiger partial charge < -0.3 is 14.5 Å². The standard InChI is InChI=1S/C15H11N3O4/c1-8-10(6-17)13(12-4-3-9(5-16)22-12)14(15(20)21-2)11(7-19)18-8/h3-4,7,13,18H,1-2H3. The van der Waals surface area contributed by atoms with Crippen molar-refractivity contribution in [1.82, 2.24) is 5.32 Å². The minimum absolute atomic E-state index is 0.00302. The van der Waals surface area contributed by atoms with Gasteiger partial charge in [-0.3, -0.25) is 4.79 Å². The lowest BCUT2D eigenvalue weighted by atomic mass is 9.84. The minimum atomic E-state index is -0.902. The summed E-state index contributed by atoms with van der Waals surface area (Å²) in [6.45, 7) is 1.61. The molecule has 1 aliphatic rings. The number of furan rings is 1. The second-order valence-electron chi connectivity index (χ2n) is 4.46. The molecule has 0 aromatic carbocycles. The third-order valence-electron chi connectivity index (χ3n) is 3.26. The first-order valence-corrected chi connectivity index (χ1v) is 6.22. The highest BCUT2D eigenvalue weighted by atomic mass is 16.5. The third kappa shape index (κ3) is 2.36. The Morgan fingerprint density at radius 2 is 2.14 bits per heavy atom. The molecule has 0 saturated carbocycles. The van der Waals surface area contributed by atoms with Gasteiger partial charge in [0.1, 0.15) is 11.8 Å². The van der Waals surface area contributed by atoms with Crippen LogP contribution in [0.25, 0.3) is 0 Å². The molecule has 0 radical (unpaired) electrons. The molecular weight excluding hydrogens is 286 g/mol. The Hall–Kier alpha value is -3.32. The number of esters is 1. The van der Waals surface area contributed by atoms with E-state index in [9.17, 15) is 14.9 Å². The van der Waals surface area contributed by atoms with Crippen LogP contribution in [0.15, 0.2) is 39.1 Å². The molecule has 0 spiro atoms. The van der Waals surface area contributed by atoms with Crippen molar-refractivity contribution >= 4 is 12.3 Å². The Labute approximate surface area is 126 Å². The highest BCUT2D eigenvalue weighted by molar-refractivity contribution is 5.98. The molecule has 1 aromatic rings. The maximum Gasteiger partial charge on any atom is 0.337 e. The van der Waals surface area contributed by atoms with Crippen molar-refractivity contribution < 1.29 is 18.7 Å². The molecule has 2 heterocycles. The van der Waals surface area contributed by atoms with Crippen LogP contribution in [0.1, 0.15) is 24.4 Å². The average molecular weight is 297 g/mol. The summed E-state index contributed by atoms with van der Waals surface area (Å²) in [5, 5.41) is 20.9. The van der Waals surface area contributed by atoms with Crippen molar-refractivity contribution in [2.45, 2.75) is 12.8 Å². The highest BCUT2D eigenvalue weighted by Crippen LogP contribution is 2.38. The average Bonchev–Trinajstić information content (AvgIpc) is 3.01. The summed E-state index contributed by atoms with van der Waals surface area (Å²) in [5.74, 6) is -1.40. The zero-order chi connectivity index (χ0) is 16.3. The van der Waals surface area contributed by atoms with Gasteiger partial charge in [0.25, 0.3) is 0 Å². The van der Waals surface area contributed by atoms with Gasteiger partial charge in [-0.15, -0.1) is 0 Å². The van der Waals surface area contributed by atoms with E-state index in [4.69, 9.17) is 14.4 Å². The van der Waals surface area contributed by atoms with Gasteiger partial charge in [0.05, 0.1) is 35.9 Å². The Bertz CT molecular complexity index is 786. The highest BCUT2D eigenvalue weighted by Gasteiger charge is 2.37. The lowest BCUT2D eigenvalue weighted by Gasteiger charge is -2.25. The number of dihydropyridines is 1. The monoisotopic (exact) mass is 297 g/mol. The molecule has 0 saturated heterocycles. The predicted molar refractivity (Wildman–Crippen MR) is 72.7 cm³/mol. The zero-order valence-corrected chi connectivity index (χ0v) is 11.8. The summed E-state index contributed by atoms with van der Waals surface area (Å²) in [7, 11) is 1.18. The molecule has 7 nitrogen and oxygen atoms in total. The van der Waals surface area contributed by atoms with Gasteiger partial charge in [-0.25, -0.2) is 4.79 Å². The number of nitrogens with zero attached hydrogens (tertiary/aromatic N) is 2. The van der Waals surface area contributed by atoms with Gasteiger partial charge in [0, 0.05) is 5.70 Å². The molecule has 2 rings (SSSR count). The summed E-state index contributed by atoms with van der Waals surface area (Å²) in [6, 6.07) is 6.75. The molecule has 22 heavy (non-hydrogen) atoms. The molecule has 110 valence electrons. The van der Waals surface area contributed by atoms with Crippen molar-refractivity contribution in [1.29, 1.82) is 10.5 Å². The van der Waals surface area contributed by atoms with Crippen molar-refractivity contribution in [3.63, 3.8) is 0 Å². The molecule has 0 aliphatic carbocycles. The largest absolute Gasteiger partial charge is 0.466 e. The lowest BCUT2D eigenvalue weighted by Crippen LogP contribution is -2.30. The number of aldehydes is 1. The van der Waals surface area contributed by atoms with Gasteiger partial charge in [-0.1, -0.05) is 0 Å². The topological polar surface area (TPSA) is 116 Å². The van der Waals surface area contributed by atoms with Crippen molar-refractivity contribution in [3.8, 4) is 12.1 Å². The molecule has 0 amide bonds. The van der Waals surface area contributed by atoms with Gasteiger partial charge in [0.15, 0.2) is 6.29 Å². The van der Waals surface area contributed by atoms with Crippen LogP contribution in [0.2, 0.25) is 0 Å². The number of rotatable bonds is 3. The van der Waals surface area contributed by atoms with Crippen molar-refractivity contribution in [3.05, 3.63) is 46.2 Å². The number of allylic oxidation sites excluding steroid dienone is 3. The third-order valence-corrected chi connectivity index (χ3v) is 3.26. The smallest absolute Gasteiger partial charge is 0.337 e. The van der Waals surface area contributed by atoms with Crippen LogP contribution in [-0.2, 0) is 14.3 Å². The quantitative estimate of drug-likeness (QED) is 0.659. The number of carbonyl (C=O) groups is 2. The minimum Gasteiger partial charge on any atom is -0.466 e. The van der Waals surface area contributed by atoms with E-state index in [0.29, 0.717) is 12.0 Å². The van der Waals surface area contributed by atoms with E-state index in [2.05, 4.69) is 5.32 Å². The van der Waals surface area contributed by atoms with E-state index < -0.39 is 11.9 Å². The SMILES string of the molecule is COC(=O)C1=C(C=O)NC(C)=C(C#N)C1c1ccc(C#N)o1. The van der Waals surface area contributed by atoms with E-state index >= 15 is 0 Å². The van der Waals surface area contributed by atoms with Crippen LogP contribution in [0.4, 0.5) is 0 Å². The second kappa shape index (κ2) is 5.98. The van der Waals surface area contributed by atoms with Crippen LogP contribution in [-0.4, -0.2) is 19.4 Å². The molecule has 1 aromatic heterocycles. The van der Waals surface area contributed by atoms with E-state index in [1.165, 1.54) is 19.2 Å². The first-order valence-electron chi connectivity index (χ1n) is 6.22. The van der Waals surface area contributed by atoms with Crippen molar-refractivity contribution in [2.24, 2.45) is 0 Å². The fourth-order valence-electron chi connectivity index (χ4n) is 2.28. The Balaban J connectivity index is 2.69. The predicted octanol–water partition coefficient (Wildman–Crippen LogP) is 1.26. The van der Waals surface area contributed by atoms with Gasteiger partial charge >= 0.3 is 5.97 Å². The normalized spacial score (nSPS) is 17.4. The zero-order valence-electron chi connectivity index (χ0n) is 11.8. The summed E-state index contributed by atoms with van der Waals surface area (Å²) in [4.78, 5) is 23.3. The summed E-state index contributed by atoms with van der Waals surface area (Å²) >= 11 is 0. The van der Waals surface area contributed by atoms with Crippen LogP contribution in [0.5, 0.6) is 0 Å². The summed E-state index contributed by atoms with van der Waals surface area (Å²) in [6.07, 6.45) is 0.477. The number of carbonyl (C=O) groups excluding carboxylic acids is 2. The van der Waals surface area contributed by atoms with Crippen LogP contribution < -0.4 is 5.32 Å². The summed E-state index contributed by atoms with van der Waals surface area (Å²) in [5.41, 5.74) is 0.615. The van der Waals surface area contributed by atoms with Gasteiger partial charge in [-0.2, -0.15) is 10.5 Å². The first kappa shape index (κ1) is 15.1. The Kier molecular flexibility index (Phi) is 4.10.